The zero-order valence-electron chi connectivity index (χ0n) is 8.37. The van der Waals surface area contributed by atoms with E-state index in [1.807, 2.05) is 0 Å². The van der Waals surface area contributed by atoms with Crippen LogP contribution in [0.4, 0.5) is 0 Å². The van der Waals surface area contributed by atoms with Gasteiger partial charge in [0.1, 0.15) is 5.82 Å². The molecule has 2 aliphatic heterocycles. The Hall–Kier alpha value is -0.790. The first-order valence-corrected chi connectivity index (χ1v) is 5.35. The van der Waals surface area contributed by atoms with E-state index in [2.05, 4.69) is 29.1 Å². The van der Waals surface area contributed by atoms with E-state index in [9.17, 15) is 0 Å². The number of hydrogen-bond acceptors (Lipinski definition) is 2. The van der Waals surface area contributed by atoms with Crippen LogP contribution in [0.5, 0.6) is 0 Å². The molecule has 0 radical (unpaired) electrons. The van der Waals surface area contributed by atoms with E-state index >= 15 is 0 Å². The zero-order valence-corrected chi connectivity index (χ0v) is 8.37. The van der Waals surface area contributed by atoms with Crippen molar-refractivity contribution < 1.29 is 0 Å². The van der Waals surface area contributed by atoms with Gasteiger partial charge in [0.05, 0.1) is 0 Å². The van der Waals surface area contributed by atoms with Crippen molar-refractivity contribution in [1.29, 1.82) is 0 Å². The lowest BCUT2D eigenvalue weighted by atomic mass is 10.1. The van der Waals surface area contributed by atoms with Crippen LogP contribution in [0.1, 0.15) is 32.6 Å². The van der Waals surface area contributed by atoms with Crippen LogP contribution in [0.3, 0.4) is 0 Å². The number of likely N-dealkylation sites (tertiary alicyclic amines) is 1. The SMILES string of the molecule is CC1C=NC(N2CCCCC2)=CC1. The van der Waals surface area contributed by atoms with E-state index in [0.717, 1.165) is 6.42 Å². The Morgan fingerprint density at radius 1 is 1.31 bits per heavy atom. The average molecular weight is 178 g/mol. The molecule has 1 unspecified atom stereocenters. The summed E-state index contributed by atoms with van der Waals surface area (Å²) in [4.78, 5) is 6.92. The third-order valence-electron chi connectivity index (χ3n) is 2.81. The molecule has 0 N–H and O–H groups in total. The van der Waals surface area contributed by atoms with Crippen molar-refractivity contribution >= 4 is 6.21 Å². The van der Waals surface area contributed by atoms with Crippen molar-refractivity contribution in [3.63, 3.8) is 0 Å². The quantitative estimate of drug-likeness (QED) is 0.602. The number of allylic oxidation sites excluding steroid dienone is 1. The molecule has 2 rings (SSSR count). The molecule has 1 atom stereocenters. The van der Waals surface area contributed by atoms with Crippen molar-refractivity contribution in [2.75, 3.05) is 13.1 Å². The third-order valence-corrected chi connectivity index (χ3v) is 2.81. The second-order valence-electron chi connectivity index (χ2n) is 4.10. The highest BCUT2D eigenvalue weighted by molar-refractivity contribution is 5.63. The van der Waals surface area contributed by atoms with Crippen molar-refractivity contribution in [3.8, 4) is 0 Å². The van der Waals surface area contributed by atoms with Crippen LogP contribution in [0.2, 0.25) is 0 Å². The van der Waals surface area contributed by atoms with E-state index in [-0.39, 0.29) is 0 Å². The molecule has 0 aliphatic carbocycles. The summed E-state index contributed by atoms with van der Waals surface area (Å²) in [7, 11) is 0. The Balaban J connectivity index is 1.96. The van der Waals surface area contributed by atoms with Crippen LogP contribution in [0.15, 0.2) is 16.9 Å². The highest BCUT2D eigenvalue weighted by atomic mass is 15.2. The Labute approximate surface area is 80.3 Å². The van der Waals surface area contributed by atoms with Crippen molar-refractivity contribution in [2.24, 2.45) is 10.9 Å². The van der Waals surface area contributed by atoms with E-state index in [0.29, 0.717) is 5.92 Å². The highest BCUT2D eigenvalue weighted by Crippen LogP contribution is 2.19. The van der Waals surface area contributed by atoms with Crippen molar-refractivity contribution in [1.82, 2.24) is 4.90 Å². The predicted molar refractivity (Wildman–Crippen MR) is 55.8 cm³/mol. The van der Waals surface area contributed by atoms with Crippen LogP contribution in [-0.2, 0) is 0 Å². The van der Waals surface area contributed by atoms with Gasteiger partial charge in [-0.2, -0.15) is 0 Å². The van der Waals surface area contributed by atoms with Crippen molar-refractivity contribution in [3.05, 3.63) is 11.9 Å². The molecule has 2 heteroatoms. The third kappa shape index (κ3) is 2.11. The lowest BCUT2D eigenvalue weighted by Crippen LogP contribution is -2.29. The summed E-state index contributed by atoms with van der Waals surface area (Å²) in [6.07, 6.45) is 9.60. The van der Waals surface area contributed by atoms with Gasteiger partial charge in [-0.25, -0.2) is 4.99 Å². The zero-order chi connectivity index (χ0) is 9.10. The van der Waals surface area contributed by atoms with Crippen LogP contribution in [-0.4, -0.2) is 24.2 Å². The Bertz CT molecular complexity index is 224. The average Bonchev–Trinajstić information content (AvgIpc) is 2.20. The fourth-order valence-electron chi connectivity index (χ4n) is 1.94. The van der Waals surface area contributed by atoms with Gasteiger partial charge in [-0.05, 0) is 37.7 Å². The van der Waals surface area contributed by atoms with E-state index in [4.69, 9.17) is 0 Å². The minimum absolute atomic E-state index is 0.633. The molecule has 0 saturated carbocycles. The lowest BCUT2D eigenvalue weighted by molar-refractivity contribution is 0.281. The molecule has 0 aromatic rings. The first kappa shape index (κ1) is 8.79. The van der Waals surface area contributed by atoms with Gasteiger partial charge < -0.3 is 4.90 Å². The molecule has 1 saturated heterocycles. The summed E-state index contributed by atoms with van der Waals surface area (Å²) < 4.78 is 0. The summed E-state index contributed by atoms with van der Waals surface area (Å²) in [6, 6.07) is 0. The Kier molecular flexibility index (Phi) is 2.67. The molecule has 0 amide bonds. The molecule has 0 aromatic carbocycles. The van der Waals surface area contributed by atoms with E-state index < -0.39 is 0 Å². The molecule has 1 fully saturated rings. The molecule has 72 valence electrons. The Morgan fingerprint density at radius 3 is 2.69 bits per heavy atom. The van der Waals surface area contributed by atoms with Gasteiger partial charge in [0, 0.05) is 19.3 Å². The van der Waals surface area contributed by atoms with Gasteiger partial charge in [0.2, 0.25) is 0 Å². The molecule has 0 bridgehead atoms. The van der Waals surface area contributed by atoms with Crippen LogP contribution < -0.4 is 0 Å². The first-order chi connectivity index (χ1) is 6.36. The fraction of sp³-hybridized carbons (Fsp3) is 0.727. The lowest BCUT2D eigenvalue weighted by Gasteiger charge is -2.30. The number of hydrogen-bond donors (Lipinski definition) is 0. The molecule has 0 spiro atoms. The van der Waals surface area contributed by atoms with Gasteiger partial charge in [0.25, 0.3) is 0 Å². The fourth-order valence-corrected chi connectivity index (χ4v) is 1.94. The van der Waals surface area contributed by atoms with Crippen LogP contribution >= 0.6 is 0 Å². The van der Waals surface area contributed by atoms with Gasteiger partial charge in [0.15, 0.2) is 0 Å². The predicted octanol–water partition coefficient (Wildman–Crippen LogP) is 2.42. The van der Waals surface area contributed by atoms with Gasteiger partial charge >= 0.3 is 0 Å². The maximum absolute atomic E-state index is 4.50. The minimum atomic E-state index is 0.633. The summed E-state index contributed by atoms with van der Waals surface area (Å²) >= 11 is 0. The summed E-state index contributed by atoms with van der Waals surface area (Å²) in [6.45, 7) is 4.63. The topological polar surface area (TPSA) is 15.6 Å². The maximum atomic E-state index is 4.50. The second-order valence-corrected chi connectivity index (χ2v) is 4.10. The molecular weight excluding hydrogens is 160 g/mol. The normalized spacial score (nSPS) is 28.8. The standard InChI is InChI=1S/C11H18N2/c1-10-5-6-11(12-9-10)13-7-3-2-4-8-13/h6,9-10H,2-5,7-8H2,1H3. The molecule has 0 aromatic heterocycles. The molecule has 13 heavy (non-hydrogen) atoms. The maximum Gasteiger partial charge on any atom is 0.124 e. The number of rotatable bonds is 1. The summed E-state index contributed by atoms with van der Waals surface area (Å²) in [5.74, 6) is 1.85. The smallest absolute Gasteiger partial charge is 0.124 e. The number of aliphatic imine (C=N–C) groups is 1. The summed E-state index contributed by atoms with van der Waals surface area (Å²) in [5.41, 5.74) is 0. The van der Waals surface area contributed by atoms with E-state index in [1.54, 1.807) is 0 Å². The van der Waals surface area contributed by atoms with Gasteiger partial charge in [-0.15, -0.1) is 0 Å². The van der Waals surface area contributed by atoms with Gasteiger partial charge in [-0.1, -0.05) is 6.92 Å². The van der Waals surface area contributed by atoms with Crippen LogP contribution in [0.25, 0.3) is 0 Å². The second kappa shape index (κ2) is 3.95. The monoisotopic (exact) mass is 178 g/mol. The number of piperidine rings is 1. The minimum Gasteiger partial charge on any atom is -0.357 e. The molecule has 2 nitrogen and oxygen atoms in total. The number of nitrogens with zero attached hydrogens (tertiary/aromatic N) is 2. The molecule has 2 heterocycles. The Morgan fingerprint density at radius 2 is 2.08 bits per heavy atom. The molecular formula is C11H18N2. The largest absolute Gasteiger partial charge is 0.357 e. The first-order valence-electron chi connectivity index (χ1n) is 5.35. The molecule has 2 aliphatic rings. The highest BCUT2D eigenvalue weighted by Gasteiger charge is 2.14. The summed E-state index contributed by atoms with van der Waals surface area (Å²) in [5, 5.41) is 0. The van der Waals surface area contributed by atoms with Crippen molar-refractivity contribution in [2.45, 2.75) is 32.6 Å². The van der Waals surface area contributed by atoms with Crippen LogP contribution in [0, 0.1) is 5.92 Å². The van der Waals surface area contributed by atoms with Gasteiger partial charge in [-0.3, -0.25) is 0 Å². The van der Waals surface area contributed by atoms with E-state index in [1.165, 1.54) is 38.2 Å².